The lowest BCUT2D eigenvalue weighted by Gasteiger charge is -2.27. The second-order valence-corrected chi connectivity index (χ2v) is 6.23. The summed E-state index contributed by atoms with van der Waals surface area (Å²) in [7, 11) is 0. The molecular formula is C16H25N5O2S. The molecule has 0 aromatic carbocycles. The van der Waals surface area contributed by atoms with Gasteiger partial charge in [-0.3, -0.25) is 9.36 Å². The van der Waals surface area contributed by atoms with Gasteiger partial charge in [-0.05, 0) is 6.92 Å². The number of aromatic nitrogens is 3. The van der Waals surface area contributed by atoms with Gasteiger partial charge in [-0.25, -0.2) is 0 Å². The van der Waals surface area contributed by atoms with Crippen molar-refractivity contribution in [2.45, 2.75) is 18.6 Å². The first-order chi connectivity index (χ1) is 11.7. The van der Waals surface area contributed by atoms with E-state index in [1.807, 2.05) is 0 Å². The van der Waals surface area contributed by atoms with E-state index < -0.39 is 0 Å². The average Bonchev–Trinajstić information content (AvgIpc) is 3.03. The highest BCUT2D eigenvalue weighted by atomic mass is 32.2. The number of carbonyl (C=O) groups is 1. The fourth-order valence-corrected chi connectivity index (χ4v) is 3.37. The molecule has 0 aliphatic carbocycles. The van der Waals surface area contributed by atoms with Crippen molar-refractivity contribution in [3.05, 3.63) is 25.3 Å². The van der Waals surface area contributed by atoms with Gasteiger partial charge < -0.3 is 14.5 Å². The SMILES string of the molecule is C=CCN(CC=C)C(=O)CSc1nnc(N2CCOCC2)n1CC. The smallest absolute Gasteiger partial charge is 0.233 e. The second kappa shape index (κ2) is 9.48. The molecule has 0 saturated carbocycles. The standard InChI is InChI=1S/C16H25N5O2S/c1-4-7-19(8-5-2)14(22)13-24-16-18-17-15(21(16)6-3)20-9-11-23-12-10-20/h4-5H,1-2,6-13H2,3H3. The number of anilines is 1. The van der Waals surface area contributed by atoms with Crippen molar-refractivity contribution in [1.82, 2.24) is 19.7 Å². The van der Waals surface area contributed by atoms with Gasteiger partial charge in [0, 0.05) is 32.7 Å². The Kier molecular flexibility index (Phi) is 7.33. The summed E-state index contributed by atoms with van der Waals surface area (Å²) in [6.07, 6.45) is 3.44. The molecule has 0 bridgehead atoms. The molecule has 2 rings (SSSR count). The van der Waals surface area contributed by atoms with Crippen LogP contribution in [0.1, 0.15) is 6.92 Å². The molecule has 2 heterocycles. The van der Waals surface area contributed by atoms with Crippen molar-refractivity contribution in [1.29, 1.82) is 0 Å². The Balaban J connectivity index is 2.01. The van der Waals surface area contributed by atoms with Crippen molar-refractivity contribution in [2.75, 3.05) is 50.0 Å². The monoisotopic (exact) mass is 351 g/mol. The summed E-state index contributed by atoms with van der Waals surface area (Å²) in [4.78, 5) is 16.2. The van der Waals surface area contributed by atoms with Gasteiger partial charge in [0.25, 0.3) is 0 Å². The Bertz CT molecular complexity index is 559. The summed E-state index contributed by atoms with van der Waals surface area (Å²) in [5.41, 5.74) is 0. The molecule has 1 aliphatic rings. The van der Waals surface area contributed by atoms with Crippen molar-refractivity contribution in [3.63, 3.8) is 0 Å². The van der Waals surface area contributed by atoms with E-state index in [1.165, 1.54) is 11.8 Å². The number of amides is 1. The van der Waals surface area contributed by atoms with Gasteiger partial charge >= 0.3 is 0 Å². The van der Waals surface area contributed by atoms with Crippen LogP contribution in [0.25, 0.3) is 0 Å². The van der Waals surface area contributed by atoms with E-state index in [-0.39, 0.29) is 5.91 Å². The van der Waals surface area contributed by atoms with Gasteiger partial charge in [-0.2, -0.15) is 0 Å². The lowest BCUT2D eigenvalue weighted by Crippen LogP contribution is -2.38. The first-order valence-electron chi connectivity index (χ1n) is 8.09. The summed E-state index contributed by atoms with van der Waals surface area (Å²) in [6.45, 7) is 14.3. The van der Waals surface area contributed by atoms with E-state index in [0.717, 1.165) is 30.7 Å². The summed E-state index contributed by atoms with van der Waals surface area (Å²) in [5, 5.41) is 9.35. The van der Waals surface area contributed by atoms with Gasteiger partial charge in [0.05, 0.1) is 19.0 Å². The van der Waals surface area contributed by atoms with E-state index >= 15 is 0 Å². The Morgan fingerprint density at radius 1 is 1.29 bits per heavy atom. The summed E-state index contributed by atoms with van der Waals surface area (Å²) in [6, 6.07) is 0. The largest absolute Gasteiger partial charge is 0.378 e. The number of morpholine rings is 1. The minimum atomic E-state index is 0.0402. The Hall–Kier alpha value is -1.80. The third-order valence-corrected chi connectivity index (χ3v) is 4.64. The number of carbonyl (C=O) groups excluding carboxylic acids is 1. The lowest BCUT2D eigenvalue weighted by molar-refractivity contribution is -0.127. The molecule has 1 aromatic rings. The normalized spacial score (nSPS) is 14.5. The molecule has 1 aliphatic heterocycles. The van der Waals surface area contributed by atoms with E-state index in [2.05, 4.69) is 39.7 Å². The fraction of sp³-hybridized carbons (Fsp3) is 0.562. The van der Waals surface area contributed by atoms with Gasteiger partial charge in [-0.1, -0.05) is 23.9 Å². The first kappa shape index (κ1) is 18.5. The van der Waals surface area contributed by atoms with Crippen LogP contribution in [0.3, 0.4) is 0 Å². The number of nitrogens with zero attached hydrogens (tertiary/aromatic N) is 5. The zero-order valence-electron chi connectivity index (χ0n) is 14.2. The molecule has 0 atom stereocenters. The van der Waals surface area contributed by atoms with Gasteiger partial charge in [0.2, 0.25) is 11.9 Å². The number of hydrogen-bond acceptors (Lipinski definition) is 6. The molecule has 0 spiro atoms. The van der Waals surface area contributed by atoms with E-state index in [4.69, 9.17) is 4.74 Å². The molecule has 132 valence electrons. The van der Waals surface area contributed by atoms with Crippen LogP contribution in [0.2, 0.25) is 0 Å². The summed E-state index contributed by atoms with van der Waals surface area (Å²) < 4.78 is 7.43. The highest BCUT2D eigenvalue weighted by Crippen LogP contribution is 2.22. The number of thioether (sulfide) groups is 1. The maximum atomic E-state index is 12.3. The topological polar surface area (TPSA) is 63.5 Å². The Labute approximate surface area is 147 Å². The van der Waals surface area contributed by atoms with Crippen molar-refractivity contribution in [3.8, 4) is 0 Å². The second-order valence-electron chi connectivity index (χ2n) is 5.29. The van der Waals surface area contributed by atoms with Gasteiger partial charge in [0.15, 0.2) is 5.16 Å². The molecule has 1 saturated heterocycles. The minimum Gasteiger partial charge on any atom is -0.378 e. The first-order valence-corrected chi connectivity index (χ1v) is 9.08. The Morgan fingerprint density at radius 2 is 1.96 bits per heavy atom. The summed E-state index contributed by atoms with van der Waals surface area (Å²) >= 11 is 1.42. The molecule has 0 radical (unpaired) electrons. The highest BCUT2D eigenvalue weighted by molar-refractivity contribution is 7.99. The highest BCUT2D eigenvalue weighted by Gasteiger charge is 2.21. The van der Waals surface area contributed by atoms with E-state index in [9.17, 15) is 4.79 Å². The van der Waals surface area contributed by atoms with Crippen LogP contribution in [0.4, 0.5) is 5.95 Å². The lowest BCUT2D eigenvalue weighted by atomic mass is 10.4. The molecule has 0 N–H and O–H groups in total. The van der Waals surface area contributed by atoms with Crippen LogP contribution in [0.15, 0.2) is 30.5 Å². The van der Waals surface area contributed by atoms with Crippen LogP contribution < -0.4 is 4.90 Å². The quantitative estimate of drug-likeness (QED) is 0.495. The molecule has 7 nitrogen and oxygen atoms in total. The average molecular weight is 351 g/mol. The van der Waals surface area contributed by atoms with Crippen LogP contribution in [-0.4, -0.2) is 70.7 Å². The zero-order chi connectivity index (χ0) is 17.4. The van der Waals surface area contributed by atoms with Crippen LogP contribution >= 0.6 is 11.8 Å². The predicted molar refractivity (Wildman–Crippen MR) is 96.4 cm³/mol. The molecule has 1 amide bonds. The molecule has 24 heavy (non-hydrogen) atoms. The number of ether oxygens (including phenoxy) is 1. The fourth-order valence-electron chi connectivity index (χ4n) is 2.47. The number of hydrogen-bond donors (Lipinski definition) is 0. The molecule has 1 fully saturated rings. The third kappa shape index (κ3) is 4.61. The predicted octanol–water partition coefficient (Wildman–Crippen LogP) is 1.43. The van der Waals surface area contributed by atoms with Crippen molar-refractivity contribution >= 4 is 23.6 Å². The maximum absolute atomic E-state index is 12.3. The van der Waals surface area contributed by atoms with Gasteiger partial charge in [0.1, 0.15) is 0 Å². The van der Waals surface area contributed by atoms with Gasteiger partial charge in [-0.15, -0.1) is 23.4 Å². The van der Waals surface area contributed by atoms with Crippen molar-refractivity contribution in [2.24, 2.45) is 0 Å². The number of rotatable bonds is 9. The van der Waals surface area contributed by atoms with Crippen LogP contribution in [0.5, 0.6) is 0 Å². The Morgan fingerprint density at radius 3 is 2.54 bits per heavy atom. The summed E-state index contributed by atoms with van der Waals surface area (Å²) in [5.74, 6) is 1.21. The van der Waals surface area contributed by atoms with Crippen LogP contribution in [-0.2, 0) is 16.1 Å². The van der Waals surface area contributed by atoms with Crippen LogP contribution in [0, 0.1) is 0 Å². The minimum absolute atomic E-state index is 0.0402. The van der Waals surface area contributed by atoms with Crippen molar-refractivity contribution < 1.29 is 9.53 Å². The van der Waals surface area contributed by atoms with E-state index in [1.54, 1.807) is 17.1 Å². The van der Waals surface area contributed by atoms with E-state index in [0.29, 0.717) is 32.1 Å². The molecule has 8 heteroatoms. The molecule has 1 aromatic heterocycles. The third-order valence-electron chi connectivity index (χ3n) is 3.68. The molecular weight excluding hydrogens is 326 g/mol. The maximum Gasteiger partial charge on any atom is 0.233 e. The zero-order valence-corrected chi connectivity index (χ0v) is 15.0. The molecule has 0 unspecified atom stereocenters.